The van der Waals surface area contributed by atoms with Crippen LogP contribution < -0.4 is 16.0 Å². The Kier molecular flexibility index (Phi) is 39.0. The summed E-state index contributed by atoms with van der Waals surface area (Å²) in [7, 11) is 2.01. The van der Waals surface area contributed by atoms with E-state index in [1.807, 2.05) is 34.7 Å². The lowest BCUT2D eigenvalue weighted by atomic mass is 10.1. The average Bonchev–Trinajstić information content (AvgIpc) is 2.52. The summed E-state index contributed by atoms with van der Waals surface area (Å²) in [6.07, 6.45) is 8.06. The van der Waals surface area contributed by atoms with E-state index < -0.39 is 0 Å². The Bertz CT molecular complexity index is 105. The minimum Gasteiger partial charge on any atom is -0.320 e. The molecule has 0 spiro atoms. The van der Waals surface area contributed by atoms with E-state index in [0.717, 1.165) is 19.6 Å². The highest BCUT2D eigenvalue weighted by atomic mass is 14.9. The predicted molar refractivity (Wildman–Crippen MR) is 95.7 cm³/mol. The molecule has 3 heteroatoms. The normalized spacial score (nSPS) is 9.30. The van der Waals surface area contributed by atoms with Crippen molar-refractivity contribution < 1.29 is 0 Å². The highest BCUT2D eigenvalue weighted by Gasteiger charge is 1.91. The van der Waals surface area contributed by atoms with Gasteiger partial charge in [-0.05, 0) is 59.0 Å². The lowest BCUT2D eigenvalue weighted by Crippen LogP contribution is -2.20. The Hall–Kier alpha value is -0.120. The molecule has 0 aromatic heterocycles. The molecule has 126 valence electrons. The van der Waals surface area contributed by atoms with Crippen LogP contribution in [0.2, 0.25) is 0 Å². The van der Waals surface area contributed by atoms with E-state index in [4.69, 9.17) is 0 Å². The zero-order chi connectivity index (χ0) is 15.9. The van der Waals surface area contributed by atoms with E-state index in [9.17, 15) is 0 Å². The minimum absolute atomic E-state index is 1.11. The van der Waals surface area contributed by atoms with Crippen LogP contribution in [0, 0.1) is 0 Å². The zero-order valence-corrected chi connectivity index (χ0v) is 15.3. The maximum absolute atomic E-state index is 3.48. The average molecular weight is 290 g/mol. The van der Waals surface area contributed by atoms with Gasteiger partial charge in [0.25, 0.3) is 0 Å². The molecule has 3 N–H and O–H groups in total. The van der Waals surface area contributed by atoms with E-state index >= 15 is 0 Å². The first-order chi connectivity index (χ1) is 9.91. The third kappa shape index (κ3) is 30.7. The highest BCUT2D eigenvalue weighted by Crippen LogP contribution is 2.01. The fraction of sp³-hybridized carbons (Fsp3) is 1.00. The van der Waals surface area contributed by atoms with Crippen molar-refractivity contribution in [3.63, 3.8) is 0 Å². The van der Waals surface area contributed by atoms with Crippen molar-refractivity contribution in [3.8, 4) is 0 Å². The van der Waals surface area contributed by atoms with Gasteiger partial charge in [0, 0.05) is 0 Å². The van der Waals surface area contributed by atoms with Crippen molar-refractivity contribution >= 4 is 0 Å². The van der Waals surface area contributed by atoms with Crippen LogP contribution >= 0.6 is 0 Å². The van der Waals surface area contributed by atoms with E-state index in [-0.39, 0.29) is 0 Å². The van der Waals surface area contributed by atoms with Crippen molar-refractivity contribution in [3.05, 3.63) is 0 Å². The monoisotopic (exact) mass is 289 g/mol. The SMILES string of the molecule is CC.CC.CCNCCCCCCCNCCCNC. The highest BCUT2D eigenvalue weighted by molar-refractivity contribution is 4.52. The largest absolute Gasteiger partial charge is 0.320 e. The van der Waals surface area contributed by atoms with Crippen LogP contribution in [0.1, 0.15) is 73.1 Å². The molecular weight excluding hydrogens is 246 g/mol. The lowest BCUT2D eigenvalue weighted by Gasteiger charge is -2.05. The van der Waals surface area contributed by atoms with Gasteiger partial charge in [0.2, 0.25) is 0 Å². The first kappa shape index (κ1) is 24.9. The molecular formula is C17H43N3. The molecule has 0 radical (unpaired) electrons. The minimum atomic E-state index is 1.11. The second-order valence-corrected chi connectivity index (χ2v) is 4.33. The molecule has 0 atom stereocenters. The molecule has 0 unspecified atom stereocenters. The second-order valence-electron chi connectivity index (χ2n) is 4.33. The van der Waals surface area contributed by atoms with Crippen molar-refractivity contribution in [2.24, 2.45) is 0 Å². The number of rotatable bonds is 13. The van der Waals surface area contributed by atoms with Gasteiger partial charge >= 0.3 is 0 Å². The molecule has 0 rings (SSSR count). The summed E-state index contributed by atoms with van der Waals surface area (Å²) in [6.45, 7) is 15.9. The van der Waals surface area contributed by atoms with Crippen LogP contribution in [0.3, 0.4) is 0 Å². The Morgan fingerprint density at radius 2 is 1.00 bits per heavy atom. The molecule has 0 fully saturated rings. The number of unbranched alkanes of at least 4 members (excludes halogenated alkanes) is 4. The molecule has 0 aromatic carbocycles. The van der Waals surface area contributed by atoms with E-state index in [2.05, 4.69) is 22.9 Å². The van der Waals surface area contributed by atoms with Crippen LogP contribution in [-0.4, -0.2) is 39.8 Å². The molecule has 0 aliphatic rings. The molecule has 3 nitrogen and oxygen atoms in total. The Labute approximate surface area is 129 Å². The third-order valence-corrected chi connectivity index (χ3v) is 2.74. The fourth-order valence-electron chi connectivity index (χ4n) is 1.72. The molecule has 0 aliphatic carbocycles. The molecule has 0 amide bonds. The topological polar surface area (TPSA) is 36.1 Å². The van der Waals surface area contributed by atoms with Gasteiger partial charge in [-0.2, -0.15) is 0 Å². The van der Waals surface area contributed by atoms with Gasteiger partial charge in [-0.3, -0.25) is 0 Å². The molecule has 0 aliphatic heterocycles. The number of hydrogen-bond acceptors (Lipinski definition) is 3. The summed E-state index contributed by atoms with van der Waals surface area (Å²) in [6, 6.07) is 0. The maximum atomic E-state index is 3.48. The summed E-state index contributed by atoms with van der Waals surface area (Å²) in [5.74, 6) is 0. The molecule has 0 saturated heterocycles. The van der Waals surface area contributed by atoms with Crippen LogP contribution in [0.25, 0.3) is 0 Å². The Morgan fingerprint density at radius 1 is 0.550 bits per heavy atom. The summed E-state index contributed by atoms with van der Waals surface area (Å²) in [5, 5.41) is 10.00. The Balaban J connectivity index is -0.000000656. The van der Waals surface area contributed by atoms with E-state index in [1.54, 1.807) is 0 Å². The smallest absolute Gasteiger partial charge is 0.00368 e. The van der Waals surface area contributed by atoms with Crippen LogP contribution in [0.5, 0.6) is 0 Å². The Morgan fingerprint density at radius 3 is 1.50 bits per heavy atom. The predicted octanol–water partition coefficient (Wildman–Crippen LogP) is 3.80. The molecule has 0 bridgehead atoms. The van der Waals surface area contributed by atoms with Crippen molar-refractivity contribution in [2.75, 3.05) is 39.8 Å². The summed E-state index contributed by atoms with van der Waals surface area (Å²) in [4.78, 5) is 0. The van der Waals surface area contributed by atoms with Crippen LogP contribution in [0.15, 0.2) is 0 Å². The summed E-state index contributed by atoms with van der Waals surface area (Å²) in [5.41, 5.74) is 0. The second kappa shape index (κ2) is 31.3. The quantitative estimate of drug-likeness (QED) is 0.451. The van der Waals surface area contributed by atoms with Crippen LogP contribution in [-0.2, 0) is 0 Å². The standard InChI is InChI=1S/C13H31N3.2C2H6/c1-3-15-11-7-5-4-6-8-12-16-13-9-10-14-2;2*1-2/h14-16H,3-13H2,1-2H3;2*1-2H3. The molecule has 0 aromatic rings. The van der Waals surface area contributed by atoms with E-state index in [0.29, 0.717) is 0 Å². The maximum Gasteiger partial charge on any atom is -0.00368 e. The van der Waals surface area contributed by atoms with Crippen molar-refractivity contribution in [2.45, 2.75) is 73.1 Å². The summed E-state index contributed by atoms with van der Waals surface area (Å²) >= 11 is 0. The van der Waals surface area contributed by atoms with Crippen LogP contribution in [0.4, 0.5) is 0 Å². The zero-order valence-electron chi connectivity index (χ0n) is 15.3. The van der Waals surface area contributed by atoms with Crippen molar-refractivity contribution in [1.82, 2.24) is 16.0 Å². The van der Waals surface area contributed by atoms with Gasteiger partial charge < -0.3 is 16.0 Å². The van der Waals surface area contributed by atoms with Gasteiger partial charge in [0.1, 0.15) is 0 Å². The van der Waals surface area contributed by atoms with Crippen molar-refractivity contribution in [1.29, 1.82) is 0 Å². The van der Waals surface area contributed by atoms with Gasteiger partial charge in [0.15, 0.2) is 0 Å². The van der Waals surface area contributed by atoms with Gasteiger partial charge in [-0.15, -0.1) is 0 Å². The summed E-state index contributed by atoms with van der Waals surface area (Å²) < 4.78 is 0. The van der Waals surface area contributed by atoms with Gasteiger partial charge in [-0.25, -0.2) is 0 Å². The van der Waals surface area contributed by atoms with Gasteiger partial charge in [0.05, 0.1) is 0 Å². The van der Waals surface area contributed by atoms with E-state index in [1.165, 1.54) is 51.6 Å². The first-order valence-electron chi connectivity index (χ1n) is 8.97. The molecule has 0 saturated carbocycles. The molecule has 0 heterocycles. The number of hydrogen-bond donors (Lipinski definition) is 3. The number of nitrogens with one attached hydrogen (secondary N) is 3. The van der Waals surface area contributed by atoms with Gasteiger partial charge in [-0.1, -0.05) is 53.9 Å². The first-order valence-corrected chi connectivity index (χ1v) is 8.97. The lowest BCUT2D eigenvalue weighted by molar-refractivity contribution is 0.552. The third-order valence-electron chi connectivity index (χ3n) is 2.74. The molecule has 20 heavy (non-hydrogen) atoms. The fourth-order valence-corrected chi connectivity index (χ4v) is 1.72.